The van der Waals surface area contributed by atoms with E-state index in [1.165, 1.54) is 0 Å². The van der Waals surface area contributed by atoms with Crippen molar-refractivity contribution in [1.82, 2.24) is 9.97 Å². The van der Waals surface area contributed by atoms with E-state index in [0.29, 0.717) is 25.6 Å². The summed E-state index contributed by atoms with van der Waals surface area (Å²) in [6, 6.07) is 2.02. The molecule has 2 aromatic heterocycles. The van der Waals surface area contributed by atoms with E-state index in [9.17, 15) is 4.79 Å². The molecule has 0 saturated carbocycles. The van der Waals surface area contributed by atoms with Gasteiger partial charge in [0.05, 0.1) is 18.6 Å². The number of nitrogens with zero attached hydrogens (tertiary/aromatic N) is 3. The third-order valence-electron chi connectivity index (χ3n) is 3.19. The zero-order valence-corrected chi connectivity index (χ0v) is 12.1. The summed E-state index contributed by atoms with van der Waals surface area (Å²) in [6.07, 6.45) is 0.415. The fourth-order valence-electron chi connectivity index (χ4n) is 2.12. The second-order valence-corrected chi connectivity index (χ2v) is 5.41. The van der Waals surface area contributed by atoms with Crippen molar-refractivity contribution in [2.45, 2.75) is 13.3 Å². The molecule has 0 aliphatic carbocycles. The first-order chi connectivity index (χ1) is 9.78. The van der Waals surface area contributed by atoms with Gasteiger partial charge < -0.3 is 9.64 Å². The normalized spacial score (nSPS) is 15.6. The van der Waals surface area contributed by atoms with Crippen molar-refractivity contribution >= 4 is 39.2 Å². The van der Waals surface area contributed by atoms with Gasteiger partial charge in [-0.25, -0.2) is 4.98 Å². The van der Waals surface area contributed by atoms with Crippen molar-refractivity contribution in [1.29, 1.82) is 0 Å². The summed E-state index contributed by atoms with van der Waals surface area (Å²) < 4.78 is 5.37. The number of amides is 1. The van der Waals surface area contributed by atoms with Crippen LogP contribution >= 0.6 is 11.3 Å². The molecule has 1 aliphatic rings. The van der Waals surface area contributed by atoms with Crippen LogP contribution in [0.2, 0.25) is 0 Å². The van der Waals surface area contributed by atoms with E-state index in [1.54, 1.807) is 11.3 Å². The Morgan fingerprint density at radius 2 is 2.25 bits per heavy atom. The Bertz CT molecular complexity index is 622. The molecule has 0 radical (unpaired) electrons. The third-order valence-corrected chi connectivity index (χ3v) is 3.99. The highest BCUT2D eigenvalue weighted by molar-refractivity contribution is 7.16. The van der Waals surface area contributed by atoms with Crippen LogP contribution in [0.4, 0.5) is 11.8 Å². The number of hydrogen-bond acceptors (Lipinski definition) is 6. The van der Waals surface area contributed by atoms with Crippen molar-refractivity contribution < 1.29 is 9.53 Å². The van der Waals surface area contributed by atoms with Crippen molar-refractivity contribution in [2.75, 3.05) is 36.5 Å². The van der Waals surface area contributed by atoms with Gasteiger partial charge in [0.2, 0.25) is 11.9 Å². The van der Waals surface area contributed by atoms with Crippen LogP contribution in [0, 0.1) is 0 Å². The second kappa shape index (κ2) is 5.72. The monoisotopic (exact) mass is 292 g/mol. The van der Waals surface area contributed by atoms with Gasteiger partial charge in [-0.3, -0.25) is 10.1 Å². The Morgan fingerprint density at radius 1 is 1.45 bits per heavy atom. The van der Waals surface area contributed by atoms with Gasteiger partial charge in [0.1, 0.15) is 10.6 Å². The molecule has 1 amide bonds. The molecule has 0 atom stereocenters. The number of carbonyl (C=O) groups is 1. The van der Waals surface area contributed by atoms with Gasteiger partial charge in [-0.15, -0.1) is 11.3 Å². The van der Waals surface area contributed by atoms with E-state index in [-0.39, 0.29) is 5.91 Å². The van der Waals surface area contributed by atoms with Crippen LogP contribution in [0.3, 0.4) is 0 Å². The smallest absolute Gasteiger partial charge is 0.232 e. The standard InChI is InChI=1S/C13H16N4O2S/c1-2-10(18)14-13-15-11(17-4-6-19-7-5-17)9-3-8-20-12(9)16-13/h3,8H,2,4-7H2,1H3,(H,14,15,16,18). The van der Waals surface area contributed by atoms with Crippen molar-refractivity contribution in [3.63, 3.8) is 0 Å². The van der Waals surface area contributed by atoms with Gasteiger partial charge in [-0.05, 0) is 11.4 Å². The average molecular weight is 292 g/mol. The quantitative estimate of drug-likeness (QED) is 0.935. The molecule has 3 heterocycles. The number of ether oxygens (including phenoxy) is 1. The molecule has 1 fully saturated rings. The van der Waals surface area contributed by atoms with E-state index < -0.39 is 0 Å². The minimum absolute atomic E-state index is 0.0752. The summed E-state index contributed by atoms with van der Waals surface area (Å²) in [5.74, 6) is 1.19. The lowest BCUT2D eigenvalue weighted by Gasteiger charge is -2.28. The number of hydrogen-bond donors (Lipinski definition) is 1. The van der Waals surface area contributed by atoms with E-state index in [4.69, 9.17) is 4.74 Å². The predicted molar refractivity (Wildman–Crippen MR) is 79.4 cm³/mol. The minimum Gasteiger partial charge on any atom is -0.378 e. The Kier molecular flexibility index (Phi) is 3.79. The molecule has 2 aromatic rings. The highest BCUT2D eigenvalue weighted by Gasteiger charge is 2.18. The van der Waals surface area contributed by atoms with Gasteiger partial charge >= 0.3 is 0 Å². The third kappa shape index (κ3) is 2.59. The average Bonchev–Trinajstić information content (AvgIpc) is 2.95. The zero-order chi connectivity index (χ0) is 13.9. The largest absolute Gasteiger partial charge is 0.378 e. The second-order valence-electron chi connectivity index (χ2n) is 4.51. The first-order valence-electron chi connectivity index (χ1n) is 6.65. The Hall–Kier alpha value is -1.73. The van der Waals surface area contributed by atoms with Gasteiger partial charge in [-0.2, -0.15) is 4.98 Å². The first-order valence-corrected chi connectivity index (χ1v) is 7.53. The first kappa shape index (κ1) is 13.3. The van der Waals surface area contributed by atoms with Gasteiger partial charge in [0.15, 0.2) is 0 Å². The number of fused-ring (bicyclic) bond motifs is 1. The van der Waals surface area contributed by atoms with Crippen molar-refractivity contribution in [3.8, 4) is 0 Å². The Morgan fingerprint density at radius 3 is 3.00 bits per heavy atom. The minimum atomic E-state index is -0.0752. The molecule has 0 unspecified atom stereocenters. The molecule has 6 nitrogen and oxygen atoms in total. The highest BCUT2D eigenvalue weighted by atomic mass is 32.1. The molecule has 1 saturated heterocycles. The molecule has 106 valence electrons. The van der Waals surface area contributed by atoms with Crippen LogP contribution < -0.4 is 10.2 Å². The van der Waals surface area contributed by atoms with Gasteiger partial charge in [-0.1, -0.05) is 6.92 Å². The summed E-state index contributed by atoms with van der Waals surface area (Å²) in [6.45, 7) is 4.83. The van der Waals surface area contributed by atoms with Crippen LogP contribution in [0.15, 0.2) is 11.4 Å². The van der Waals surface area contributed by atoms with Gasteiger partial charge in [0.25, 0.3) is 0 Å². The summed E-state index contributed by atoms with van der Waals surface area (Å²) in [7, 11) is 0. The maximum Gasteiger partial charge on any atom is 0.232 e. The summed E-state index contributed by atoms with van der Waals surface area (Å²) >= 11 is 1.55. The highest BCUT2D eigenvalue weighted by Crippen LogP contribution is 2.29. The number of rotatable bonds is 3. The molecular weight excluding hydrogens is 276 g/mol. The van der Waals surface area contributed by atoms with Crippen LogP contribution in [0.1, 0.15) is 13.3 Å². The van der Waals surface area contributed by atoms with Crippen LogP contribution in [0.5, 0.6) is 0 Å². The van der Waals surface area contributed by atoms with E-state index in [0.717, 1.165) is 29.1 Å². The number of aromatic nitrogens is 2. The molecule has 0 aromatic carbocycles. The molecule has 0 bridgehead atoms. The van der Waals surface area contributed by atoms with Gasteiger partial charge in [0, 0.05) is 19.5 Å². The molecule has 1 N–H and O–H groups in total. The summed E-state index contributed by atoms with van der Waals surface area (Å²) in [5, 5.41) is 5.77. The van der Waals surface area contributed by atoms with E-state index >= 15 is 0 Å². The van der Waals surface area contributed by atoms with Crippen molar-refractivity contribution in [3.05, 3.63) is 11.4 Å². The fraction of sp³-hybridized carbons (Fsp3) is 0.462. The van der Waals surface area contributed by atoms with E-state index in [2.05, 4.69) is 20.2 Å². The number of thiophene rings is 1. The number of nitrogens with one attached hydrogen (secondary N) is 1. The lowest BCUT2D eigenvalue weighted by atomic mass is 10.3. The Labute approximate surface area is 120 Å². The van der Waals surface area contributed by atoms with Crippen molar-refractivity contribution in [2.24, 2.45) is 0 Å². The SMILES string of the molecule is CCC(=O)Nc1nc(N2CCOCC2)c2ccsc2n1. The molecule has 20 heavy (non-hydrogen) atoms. The summed E-state index contributed by atoms with van der Waals surface area (Å²) in [4.78, 5) is 23.5. The lowest BCUT2D eigenvalue weighted by molar-refractivity contribution is -0.115. The number of morpholine rings is 1. The summed E-state index contributed by atoms with van der Waals surface area (Å²) in [5.41, 5.74) is 0. The molecular formula is C13H16N4O2S. The fourth-order valence-corrected chi connectivity index (χ4v) is 2.88. The lowest BCUT2D eigenvalue weighted by Crippen LogP contribution is -2.37. The number of anilines is 2. The maximum absolute atomic E-state index is 11.5. The van der Waals surface area contributed by atoms with Crippen LogP contribution in [-0.2, 0) is 9.53 Å². The molecule has 0 spiro atoms. The number of carbonyl (C=O) groups excluding carboxylic acids is 1. The van der Waals surface area contributed by atoms with Crippen LogP contribution in [0.25, 0.3) is 10.2 Å². The Balaban J connectivity index is 1.99. The molecule has 7 heteroatoms. The topological polar surface area (TPSA) is 67.4 Å². The zero-order valence-electron chi connectivity index (χ0n) is 11.3. The molecule has 3 rings (SSSR count). The predicted octanol–water partition coefficient (Wildman–Crippen LogP) is 1.88. The maximum atomic E-state index is 11.5. The molecule has 1 aliphatic heterocycles. The van der Waals surface area contributed by atoms with E-state index in [1.807, 2.05) is 18.4 Å². The van der Waals surface area contributed by atoms with Crippen LogP contribution in [-0.4, -0.2) is 42.2 Å².